The fourth-order valence-corrected chi connectivity index (χ4v) is 2.29. The van der Waals surface area contributed by atoms with Crippen LogP contribution in [0.3, 0.4) is 0 Å². The molecule has 2 rings (SSSR count). The molecule has 0 aliphatic rings. The van der Waals surface area contributed by atoms with Crippen LogP contribution in [0, 0.1) is 0 Å². The smallest absolute Gasteiger partial charge is 0.233 e. The quantitative estimate of drug-likeness (QED) is 0.847. The van der Waals surface area contributed by atoms with E-state index in [4.69, 9.17) is 0 Å². The van der Waals surface area contributed by atoms with Crippen LogP contribution >= 0.6 is 11.8 Å². The first kappa shape index (κ1) is 13.6. The zero-order valence-electron chi connectivity index (χ0n) is 10.9. The molecule has 0 aliphatic heterocycles. The molecule has 1 aromatic heterocycles. The minimum absolute atomic E-state index is 0.00330. The van der Waals surface area contributed by atoms with E-state index in [0.717, 1.165) is 5.69 Å². The van der Waals surface area contributed by atoms with Crippen LogP contribution in [0.25, 0.3) is 5.69 Å². The number of benzene rings is 1. The van der Waals surface area contributed by atoms with Gasteiger partial charge < -0.3 is 5.32 Å². The van der Waals surface area contributed by atoms with Gasteiger partial charge in [-0.15, -0.1) is 5.10 Å². The van der Waals surface area contributed by atoms with Crippen molar-refractivity contribution in [1.29, 1.82) is 0 Å². The Labute approximate surface area is 116 Å². The number of nitrogens with zero attached hydrogens (tertiary/aromatic N) is 3. The maximum absolute atomic E-state index is 11.6. The minimum atomic E-state index is -0.202. The van der Waals surface area contributed by atoms with Crippen molar-refractivity contribution in [2.75, 3.05) is 6.54 Å². The number of carbonyl (C=O) groups excluding carboxylic acids is 1. The number of hydrogen-bond donors (Lipinski definition) is 1. The van der Waals surface area contributed by atoms with E-state index in [1.54, 1.807) is 11.0 Å². The van der Waals surface area contributed by atoms with E-state index in [9.17, 15) is 4.79 Å². The molecule has 0 saturated heterocycles. The Morgan fingerprint density at radius 2 is 2.16 bits per heavy atom. The molecule has 1 N–H and O–H groups in total. The molecule has 1 aromatic carbocycles. The molecular weight excluding hydrogens is 260 g/mol. The van der Waals surface area contributed by atoms with Crippen LogP contribution in [-0.2, 0) is 4.79 Å². The van der Waals surface area contributed by atoms with Gasteiger partial charge in [0.15, 0.2) is 0 Å². The standard InChI is InChI=1S/C13H16N4OS/c1-3-14-12(18)10(2)19-13-15-9-17(16-13)11-7-5-4-6-8-11/h4-10H,3H2,1-2H3,(H,14,18). The van der Waals surface area contributed by atoms with Gasteiger partial charge in [0.05, 0.1) is 10.9 Å². The summed E-state index contributed by atoms with van der Waals surface area (Å²) in [5, 5.41) is 7.53. The first-order valence-corrected chi connectivity index (χ1v) is 7.00. The van der Waals surface area contributed by atoms with E-state index in [0.29, 0.717) is 11.7 Å². The number of aromatic nitrogens is 3. The summed E-state index contributed by atoms with van der Waals surface area (Å²) in [6.45, 7) is 4.38. The predicted molar refractivity (Wildman–Crippen MR) is 75.4 cm³/mol. The third-order valence-corrected chi connectivity index (χ3v) is 3.46. The fraction of sp³-hybridized carbons (Fsp3) is 0.308. The molecule has 1 unspecified atom stereocenters. The number of nitrogens with one attached hydrogen (secondary N) is 1. The van der Waals surface area contributed by atoms with Crippen molar-refractivity contribution in [3.63, 3.8) is 0 Å². The summed E-state index contributed by atoms with van der Waals surface area (Å²) >= 11 is 1.35. The summed E-state index contributed by atoms with van der Waals surface area (Å²) in [7, 11) is 0. The number of para-hydroxylation sites is 1. The molecule has 0 spiro atoms. The van der Waals surface area contributed by atoms with Crippen LogP contribution in [0.1, 0.15) is 13.8 Å². The minimum Gasteiger partial charge on any atom is -0.355 e. The predicted octanol–water partition coefficient (Wildman–Crippen LogP) is 1.88. The molecule has 1 amide bonds. The second kappa shape index (κ2) is 6.38. The Morgan fingerprint density at radius 1 is 1.42 bits per heavy atom. The van der Waals surface area contributed by atoms with E-state index < -0.39 is 0 Å². The lowest BCUT2D eigenvalue weighted by Crippen LogP contribution is -2.30. The van der Waals surface area contributed by atoms with E-state index in [1.807, 2.05) is 44.2 Å². The summed E-state index contributed by atoms with van der Waals surface area (Å²) in [5.74, 6) is 0.00330. The molecule has 1 heterocycles. The van der Waals surface area contributed by atoms with Crippen molar-refractivity contribution in [2.45, 2.75) is 24.3 Å². The molecule has 1 atom stereocenters. The lowest BCUT2D eigenvalue weighted by atomic mass is 10.3. The average molecular weight is 276 g/mol. The Hall–Kier alpha value is -1.82. The fourth-order valence-electron chi connectivity index (χ4n) is 1.54. The van der Waals surface area contributed by atoms with Crippen LogP contribution in [0.4, 0.5) is 0 Å². The maximum atomic E-state index is 11.6. The van der Waals surface area contributed by atoms with Gasteiger partial charge in [0, 0.05) is 6.54 Å². The third kappa shape index (κ3) is 3.57. The lowest BCUT2D eigenvalue weighted by molar-refractivity contribution is -0.120. The Bertz CT molecular complexity index is 541. The largest absolute Gasteiger partial charge is 0.355 e. The van der Waals surface area contributed by atoms with Crippen molar-refractivity contribution in [2.24, 2.45) is 0 Å². The van der Waals surface area contributed by atoms with Crippen molar-refractivity contribution in [1.82, 2.24) is 20.1 Å². The van der Waals surface area contributed by atoms with Crippen LogP contribution in [0.5, 0.6) is 0 Å². The number of hydrogen-bond acceptors (Lipinski definition) is 4. The van der Waals surface area contributed by atoms with E-state index in [-0.39, 0.29) is 11.2 Å². The molecule has 100 valence electrons. The third-order valence-electron chi connectivity index (χ3n) is 2.49. The van der Waals surface area contributed by atoms with Crippen molar-refractivity contribution in [3.05, 3.63) is 36.7 Å². The highest BCUT2D eigenvalue weighted by Crippen LogP contribution is 2.19. The van der Waals surface area contributed by atoms with Gasteiger partial charge in [-0.2, -0.15) is 0 Å². The van der Waals surface area contributed by atoms with E-state index in [2.05, 4.69) is 15.4 Å². The SMILES string of the molecule is CCNC(=O)C(C)Sc1ncn(-c2ccccc2)n1. The summed E-state index contributed by atoms with van der Waals surface area (Å²) in [4.78, 5) is 15.8. The van der Waals surface area contributed by atoms with Gasteiger partial charge in [0.25, 0.3) is 0 Å². The number of carbonyl (C=O) groups is 1. The van der Waals surface area contributed by atoms with Gasteiger partial charge in [0.1, 0.15) is 6.33 Å². The zero-order valence-corrected chi connectivity index (χ0v) is 11.7. The van der Waals surface area contributed by atoms with Gasteiger partial charge in [-0.05, 0) is 26.0 Å². The van der Waals surface area contributed by atoms with Gasteiger partial charge in [-0.25, -0.2) is 9.67 Å². The van der Waals surface area contributed by atoms with Gasteiger partial charge in [-0.3, -0.25) is 4.79 Å². The normalized spacial score (nSPS) is 12.1. The summed E-state index contributed by atoms with van der Waals surface area (Å²) in [5.41, 5.74) is 0.951. The molecule has 19 heavy (non-hydrogen) atoms. The summed E-state index contributed by atoms with van der Waals surface area (Å²) in [6, 6.07) is 9.75. The Kier molecular flexibility index (Phi) is 4.57. The van der Waals surface area contributed by atoms with Crippen LogP contribution in [-0.4, -0.2) is 32.5 Å². The summed E-state index contributed by atoms with van der Waals surface area (Å²) < 4.78 is 1.70. The molecular formula is C13H16N4OS. The topological polar surface area (TPSA) is 59.8 Å². The van der Waals surface area contributed by atoms with Crippen molar-refractivity contribution >= 4 is 17.7 Å². The Morgan fingerprint density at radius 3 is 2.84 bits per heavy atom. The van der Waals surface area contributed by atoms with Crippen molar-refractivity contribution < 1.29 is 4.79 Å². The molecule has 0 fully saturated rings. The van der Waals surface area contributed by atoms with Crippen LogP contribution < -0.4 is 5.32 Å². The van der Waals surface area contributed by atoms with Crippen LogP contribution in [0.2, 0.25) is 0 Å². The number of amides is 1. The molecule has 0 aliphatic carbocycles. The van der Waals surface area contributed by atoms with Gasteiger partial charge in [0.2, 0.25) is 11.1 Å². The second-order valence-electron chi connectivity index (χ2n) is 3.96. The lowest BCUT2D eigenvalue weighted by Gasteiger charge is -2.07. The highest BCUT2D eigenvalue weighted by atomic mass is 32.2. The van der Waals surface area contributed by atoms with Gasteiger partial charge in [-0.1, -0.05) is 30.0 Å². The van der Waals surface area contributed by atoms with Crippen molar-refractivity contribution in [3.8, 4) is 5.69 Å². The average Bonchev–Trinajstić information content (AvgIpc) is 2.88. The maximum Gasteiger partial charge on any atom is 0.233 e. The highest BCUT2D eigenvalue weighted by molar-refractivity contribution is 8.00. The Balaban J connectivity index is 2.04. The molecule has 2 aromatic rings. The van der Waals surface area contributed by atoms with Gasteiger partial charge >= 0.3 is 0 Å². The molecule has 6 heteroatoms. The van der Waals surface area contributed by atoms with E-state index in [1.165, 1.54) is 11.8 Å². The first-order chi connectivity index (χ1) is 9.20. The number of rotatable bonds is 5. The molecule has 5 nitrogen and oxygen atoms in total. The highest BCUT2D eigenvalue weighted by Gasteiger charge is 2.15. The molecule has 0 radical (unpaired) electrons. The molecule has 0 saturated carbocycles. The van der Waals surface area contributed by atoms with E-state index >= 15 is 0 Å². The molecule has 0 bridgehead atoms. The van der Waals surface area contributed by atoms with Crippen LogP contribution in [0.15, 0.2) is 41.8 Å². The monoisotopic (exact) mass is 276 g/mol. The summed E-state index contributed by atoms with van der Waals surface area (Å²) in [6.07, 6.45) is 1.65. The second-order valence-corrected chi connectivity index (χ2v) is 5.27. The number of thioether (sulfide) groups is 1. The zero-order chi connectivity index (χ0) is 13.7. The first-order valence-electron chi connectivity index (χ1n) is 6.12.